The Morgan fingerprint density at radius 3 is 2.70 bits per heavy atom. The lowest BCUT2D eigenvalue weighted by atomic mass is 10.1. The summed E-state index contributed by atoms with van der Waals surface area (Å²) in [5, 5.41) is 7.34. The Kier molecular flexibility index (Phi) is 5.43. The summed E-state index contributed by atoms with van der Waals surface area (Å²) in [5.41, 5.74) is 4.89. The summed E-state index contributed by atoms with van der Waals surface area (Å²) in [5.74, 6) is -0.152. The highest BCUT2D eigenvalue weighted by atomic mass is 32.1. The normalized spacial score (nSPS) is 11.8. The first-order valence-electron chi connectivity index (χ1n) is 10.4. The molecule has 7 nitrogen and oxygen atoms in total. The number of esters is 1. The molecule has 2 aromatic carbocycles. The molecule has 5 rings (SSSR count). The highest BCUT2D eigenvalue weighted by Crippen LogP contribution is 2.42. The van der Waals surface area contributed by atoms with E-state index in [1.807, 2.05) is 68.4 Å². The quantitative estimate of drug-likeness (QED) is 0.429. The number of anilines is 1. The van der Waals surface area contributed by atoms with Crippen LogP contribution in [0.1, 0.15) is 26.6 Å². The summed E-state index contributed by atoms with van der Waals surface area (Å²) in [7, 11) is 0. The number of nitrogens with zero attached hydrogens (tertiary/aromatic N) is 2. The van der Waals surface area contributed by atoms with Gasteiger partial charge in [-0.3, -0.25) is 4.79 Å². The molecule has 8 heteroatoms. The minimum atomic E-state index is -0.532. The van der Waals surface area contributed by atoms with Crippen LogP contribution in [0.4, 0.5) is 5.69 Å². The highest BCUT2D eigenvalue weighted by Gasteiger charge is 2.23. The van der Waals surface area contributed by atoms with E-state index in [1.54, 1.807) is 10.7 Å². The number of hydrogen-bond acceptors (Lipinski definition) is 6. The number of rotatable bonds is 5. The Labute approximate surface area is 194 Å². The second-order valence-corrected chi connectivity index (χ2v) is 8.72. The van der Waals surface area contributed by atoms with E-state index in [2.05, 4.69) is 10.4 Å². The number of ether oxygens (including phenoxy) is 2. The molecule has 1 N–H and O–H groups in total. The summed E-state index contributed by atoms with van der Waals surface area (Å²) in [6.07, 6.45) is 0. The van der Waals surface area contributed by atoms with E-state index in [-0.39, 0.29) is 6.61 Å². The van der Waals surface area contributed by atoms with Crippen molar-refractivity contribution in [3.05, 3.63) is 82.5 Å². The molecule has 1 aliphatic heterocycles. The number of carbonyl (C=O) groups excluding carboxylic acids is 2. The SMILES string of the molecule is Cc1nn(-c2ccccc2)c(C)c1NC(=O)COC(=O)c1cc2c(s1)-c1ccccc1OC2. The van der Waals surface area contributed by atoms with Gasteiger partial charge in [0.2, 0.25) is 0 Å². The Bertz CT molecular complexity index is 1360. The maximum atomic E-state index is 12.6. The minimum absolute atomic E-state index is 0.385. The molecule has 0 unspecified atom stereocenters. The second-order valence-electron chi connectivity index (χ2n) is 7.67. The van der Waals surface area contributed by atoms with Gasteiger partial charge in [-0.25, -0.2) is 9.48 Å². The largest absolute Gasteiger partial charge is 0.488 e. The predicted molar refractivity (Wildman–Crippen MR) is 126 cm³/mol. The smallest absolute Gasteiger partial charge is 0.348 e. The summed E-state index contributed by atoms with van der Waals surface area (Å²) < 4.78 is 12.8. The van der Waals surface area contributed by atoms with Gasteiger partial charge in [0.05, 0.1) is 22.8 Å². The molecule has 1 amide bonds. The van der Waals surface area contributed by atoms with Gasteiger partial charge in [-0.2, -0.15) is 5.10 Å². The van der Waals surface area contributed by atoms with E-state index < -0.39 is 11.9 Å². The van der Waals surface area contributed by atoms with E-state index in [0.717, 1.165) is 33.1 Å². The van der Waals surface area contributed by atoms with E-state index >= 15 is 0 Å². The van der Waals surface area contributed by atoms with Crippen LogP contribution in [0.15, 0.2) is 60.7 Å². The fraction of sp³-hybridized carbons (Fsp3) is 0.160. The number of aromatic nitrogens is 2. The Balaban J connectivity index is 1.25. The zero-order valence-electron chi connectivity index (χ0n) is 18.1. The van der Waals surface area contributed by atoms with Crippen molar-refractivity contribution in [2.45, 2.75) is 20.5 Å². The standard InChI is InChI=1S/C25H21N3O4S/c1-15-23(16(2)28(27-15)18-8-4-3-5-9-18)26-22(29)14-32-25(30)21-12-17-13-31-20-11-7-6-10-19(20)24(17)33-21/h3-12H,13-14H2,1-2H3,(H,26,29). The van der Waals surface area contributed by atoms with Gasteiger partial charge in [0.1, 0.15) is 17.2 Å². The molecule has 0 aliphatic carbocycles. The van der Waals surface area contributed by atoms with Crippen LogP contribution in [-0.2, 0) is 16.1 Å². The summed E-state index contributed by atoms with van der Waals surface area (Å²) in [6, 6.07) is 19.2. The lowest BCUT2D eigenvalue weighted by Gasteiger charge is -2.16. The topological polar surface area (TPSA) is 82.5 Å². The van der Waals surface area contributed by atoms with Gasteiger partial charge in [-0.1, -0.05) is 30.3 Å². The Morgan fingerprint density at radius 2 is 1.88 bits per heavy atom. The number of thiophene rings is 1. The van der Waals surface area contributed by atoms with Crippen LogP contribution in [0.2, 0.25) is 0 Å². The van der Waals surface area contributed by atoms with Crippen molar-refractivity contribution in [1.82, 2.24) is 9.78 Å². The lowest BCUT2D eigenvalue weighted by molar-refractivity contribution is -0.119. The van der Waals surface area contributed by atoms with Gasteiger partial charge in [0, 0.05) is 16.0 Å². The molecule has 1 aliphatic rings. The van der Waals surface area contributed by atoms with Gasteiger partial charge >= 0.3 is 5.97 Å². The van der Waals surface area contributed by atoms with E-state index in [9.17, 15) is 9.59 Å². The van der Waals surface area contributed by atoms with Crippen LogP contribution in [0.5, 0.6) is 5.75 Å². The van der Waals surface area contributed by atoms with Crippen LogP contribution < -0.4 is 10.1 Å². The van der Waals surface area contributed by atoms with Crippen LogP contribution >= 0.6 is 11.3 Å². The Hall–Kier alpha value is -3.91. The molecule has 3 heterocycles. The van der Waals surface area contributed by atoms with Crippen molar-refractivity contribution < 1.29 is 19.1 Å². The molecule has 166 valence electrons. The lowest BCUT2D eigenvalue weighted by Crippen LogP contribution is -2.21. The van der Waals surface area contributed by atoms with Crippen molar-refractivity contribution in [3.63, 3.8) is 0 Å². The van der Waals surface area contributed by atoms with Gasteiger partial charge < -0.3 is 14.8 Å². The summed E-state index contributed by atoms with van der Waals surface area (Å²) >= 11 is 1.35. The third kappa shape index (κ3) is 4.01. The maximum absolute atomic E-state index is 12.6. The molecule has 0 saturated carbocycles. The van der Waals surface area contributed by atoms with Crippen molar-refractivity contribution >= 4 is 28.9 Å². The first kappa shape index (κ1) is 21.0. The fourth-order valence-electron chi connectivity index (χ4n) is 3.82. The predicted octanol–water partition coefficient (Wildman–Crippen LogP) is 4.91. The number of benzene rings is 2. The van der Waals surface area contributed by atoms with Gasteiger partial charge in [-0.15, -0.1) is 11.3 Å². The number of carbonyl (C=O) groups is 2. The third-order valence-electron chi connectivity index (χ3n) is 5.42. The molecule has 0 radical (unpaired) electrons. The number of aryl methyl sites for hydroxylation is 1. The van der Waals surface area contributed by atoms with Crippen molar-refractivity contribution in [2.24, 2.45) is 0 Å². The maximum Gasteiger partial charge on any atom is 0.348 e. The Morgan fingerprint density at radius 1 is 1.12 bits per heavy atom. The average Bonchev–Trinajstić information content (AvgIpc) is 3.40. The second kappa shape index (κ2) is 8.55. The molecule has 0 spiro atoms. The van der Waals surface area contributed by atoms with Crippen molar-refractivity contribution in [1.29, 1.82) is 0 Å². The van der Waals surface area contributed by atoms with Crippen LogP contribution in [-0.4, -0.2) is 28.3 Å². The van der Waals surface area contributed by atoms with Crippen LogP contribution in [0, 0.1) is 13.8 Å². The molecule has 0 atom stereocenters. The van der Waals surface area contributed by atoms with Gasteiger partial charge in [0.25, 0.3) is 5.91 Å². The first-order valence-corrected chi connectivity index (χ1v) is 11.3. The fourth-order valence-corrected chi connectivity index (χ4v) is 4.91. The zero-order chi connectivity index (χ0) is 22.9. The van der Waals surface area contributed by atoms with Crippen LogP contribution in [0.25, 0.3) is 16.1 Å². The summed E-state index contributed by atoms with van der Waals surface area (Å²) in [4.78, 5) is 26.6. The molecular formula is C25H21N3O4S. The molecule has 4 aromatic rings. The molecule has 33 heavy (non-hydrogen) atoms. The average molecular weight is 460 g/mol. The van der Waals surface area contributed by atoms with E-state index in [1.165, 1.54) is 11.3 Å². The molecule has 2 aromatic heterocycles. The monoisotopic (exact) mass is 459 g/mol. The van der Waals surface area contributed by atoms with E-state index in [0.29, 0.717) is 22.9 Å². The molecular weight excluding hydrogens is 438 g/mol. The minimum Gasteiger partial charge on any atom is -0.488 e. The highest BCUT2D eigenvalue weighted by molar-refractivity contribution is 7.17. The van der Waals surface area contributed by atoms with Gasteiger partial charge in [0.15, 0.2) is 6.61 Å². The van der Waals surface area contributed by atoms with Crippen molar-refractivity contribution in [2.75, 3.05) is 11.9 Å². The molecule has 0 saturated heterocycles. The molecule has 0 bridgehead atoms. The number of hydrogen-bond donors (Lipinski definition) is 1. The number of amides is 1. The summed E-state index contributed by atoms with van der Waals surface area (Å²) in [6.45, 7) is 3.72. The number of fused-ring (bicyclic) bond motifs is 3. The zero-order valence-corrected chi connectivity index (χ0v) is 18.9. The van der Waals surface area contributed by atoms with Crippen molar-refractivity contribution in [3.8, 4) is 21.9 Å². The first-order chi connectivity index (χ1) is 16.0. The van der Waals surface area contributed by atoms with Crippen LogP contribution in [0.3, 0.4) is 0 Å². The van der Waals surface area contributed by atoms with E-state index in [4.69, 9.17) is 9.47 Å². The van der Waals surface area contributed by atoms with Gasteiger partial charge in [-0.05, 0) is 44.2 Å². The number of nitrogens with one attached hydrogen (secondary N) is 1. The number of para-hydroxylation sites is 2. The molecule has 0 fully saturated rings. The third-order valence-corrected chi connectivity index (χ3v) is 6.61.